The average molecular weight is 350 g/mol. The van der Waals surface area contributed by atoms with Crippen LogP contribution in [0, 0.1) is 5.92 Å². The first-order valence-electron chi connectivity index (χ1n) is 8.95. The summed E-state index contributed by atoms with van der Waals surface area (Å²) in [5, 5.41) is 0. The van der Waals surface area contributed by atoms with Crippen molar-refractivity contribution in [3.63, 3.8) is 0 Å². The highest BCUT2D eigenvalue weighted by Crippen LogP contribution is 2.44. The van der Waals surface area contributed by atoms with Gasteiger partial charge in [-0.2, -0.15) is 0 Å². The number of hydrogen-bond acceptors (Lipinski definition) is 8. The largest absolute Gasteiger partial charge is 0.372 e. The maximum Gasteiger partial charge on any atom is 0.219 e. The van der Waals surface area contributed by atoms with Crippen molar-refractivity contribution in [3.05, 3.63) is 18.2 Å². The summed E-state index contributed by atoms with van der Waals surface area (Å²) >= 11 is 0. The molecule has 1 saturated carbocycles. The first kappa shape index (κ1) is 14.4. The molecule has 3 aliphatic heterocycles. The van der Waals surface area contributed by atoms with E-state index in [0.717, 1.165) is 47.4 Å². The highest BCUT2D eigenvalue weighted by Gasteiger charge is 2.44. The SMILES string of the molecule is Nc1ncc(-c2nc(N3CC4CC3C4)c3nc4n(c3n2)CCOC4)cn1. The lowest BCUT2D eigenvalue weighted by molar-refractivity contribution is 0.0828. The van der Waals surface area contributed by atoms with Gasteiger partial charge in [-0.25, -0.2) is 24.9 Å². The summed E-state index contributed by atoms with van der Waals surface area (Å²) in [4.78, 5) is 25.1. The van der Waals surface area contributed by atoms with E-state index < -0.39 is 0 Å². The first-order valence-corrected chi connectivity index (χ1v) is 8.95. The lowest BCUT2D eigenvalue weighted by Gasteiger charge is -2.26. The molecule has 7 rings (SSSR count). The summed E-state index contributed by atoms with van der Waals surface area (Å²) in [7, 11) is 0. The van der Waals surface area contributed by atoms with E-state index in [0.29, 0.717) is 25.1 Å². The van der Waals surface area contributed by atoms with Crippen LogP contribution in [0.15, 0.2) is 12.4 Å². The molecule has 2 bridgehead atoms. The van der Waals surface area contributed by atoms with Crippen molar-refractivity contribution in [1.29, 1.82) is 0 Å². The smallest absolute Gasteiger partial charge is 0.219 e. The molecule has 3 aromatic heterocycles. The molecule has 3 fully saturated rings. The van der Waals surface area contributed by atoms with Crippen molar-refractivity contribution in [1.82, 2.24) is 29.5 Å². The van der Waals surface area contributed by atoms with Crippen LogP contribution in [0.5, 0.6) is 0 Å². The minimum Gasteiger partial charge on any atom is -0.372 e. The molecule has 0 amide bonds. The van der Waals surface area contributed by atoms with Crippen molar-refractivity contribution in [2.45, 2.75) is 32.0 Å². The van der Waals surface area contributed by atoms with E-state index in [4.69, 9.17) is 25.4 Å². The Balaban J connectivity index is 1.58. The first-order chi connectivity index (χ1) is 12.8. The number of nitrogens with zero attached hydrogens (tertiary/aromatic N) is 7. The van der Waals surface area contributed by atoms with Crippen molar-refractivity contribution in [3.8, 4) is 11.4 Å². The fourth-order valence-electron chi connectivity index (χ4n) is 4.27. The molecule has 9 nitrogen and oxygen atoms in total. The van der Waals surface area contributed by atoms with Gasteiger partial charge in [-0.05, 0) is 18.8 Å². The number of imidazole rings is 1. The van der Waals surface area contributed by atoms with E-state index in [-0.39, 0.29) is 5.95 Å². The molecule has 1 aliphatic carbocycles. The van der Waals surface area contributed by atoms with Crippen LogP contribution in [0.2, 0.25) is 0 Å². The third kappa shape index (κ3) is 1.97. The molecule has 4 aliphatic rings. The van der Waals surface area contributed by atoms with E-state index in [1.165, 1.54) is 12.8 Å². The van der Waals surface area contributed by atoms with Crippen LogP contribution < -0.4 is 10.6 Å². The highest BCUT2D eigenvalue weighted by molar-refractivity contribution is 5.86. The molecule has 0 radical (unpaired) electrons. The Hall–Kier alpha value is -2.81. The second-order valence-electron chi connectivity index (χ2n) is 7.25. The van der Waals surface area contributed by atoms with Crippen molar-refractivity contribution < 1.29 is 4.74 Å². The maximum absolute atomic E-state index is 5.62. The van der Waals surface area contributed by atoms with Crippen molar-refractivity contribution in [2.24, 2.45) is 5.92 Å². The van der Waals surface area contributed by atoms with E-state index in [1.807, 2.05) is 0 Å². The van der Waals surface area contributed by atoms with Crippen LogP contribution in [-0.2, 0) is 17.9 Å². The molecule has 0 unspecified atom stereocenters. The van der Waals surface area contributed by atoms with Gasteiger partial charge in [0.05, 0.1) is 12.2 Å². The fourth-order valence-corrected chi connectivity index (χ4v) is 4.27. The summed E-state index contributed by atoms with van der Waals surface area (Å²) in [6.07, 6.45) is 5.85. The zero-order chi connectivity index (χ0) is 17.3. The van der Waals surface area contributed by atoms with Crippen LogP contribution in [0.3, 0.4) is 0 Å². The third-order valence-corrected chi connectivity index (χ3v) is 5.65. The number of ether oxygens (including phenoxy) is 1. The minimum absolute atomic E-state index is 0.245. The minimum atomic E-state index is 0.245. The highest BCUT2D eigenvalue weighted by atomic mass is 16.5. The number of hydrogen-bond donors (Lipinski definition) is 1. The van der Waals surface area contributed by atoms with Crippen LogP contribution in [0.25, 0.3) is 22.6 Å². The molecule has 132 valence electrons. The van der Waals surface area contributed by atoms with E-state index >= 15 is 0 Å². The van der Waals surface area contributed by atoms with E-state index in [2.05, 4.69) is 19.4 Å². The number of fused-ring (bicyclic) bond motifs is 4. The zero-order valence-electron chi connectivity index (χ0n) is 14.2. The van der Waals surface area contributed by atoms with Crippen molar-refractivity contribution >= 4 is 22.9 Å². The molecule has 6 heterocycles. The summed E-state index contributed by atoms with van der Waals surface area (Å²) < 4.78 is 7.71. The van der Waals surface area contributed by atoms with E-state index in [9.17, 15) is 0 Å². The molecule has 2 N–H and O–H groups in total. The number of aromatic nitrogens is 6. The predicted molar refractivity (Wildman–Crippen MR) is 94.3 cm³/mol. The van der Waals surface area contributed by atoms with Crippen LogP contribution >= 0.6 is 0 Å². The third-order valence-electron chi connectivity index (χ3n) is 5.65. The van der Waals surface area contributed by atoms with Crippen LogP contribution in [0.4, 0.5) is 11.8 Å². The Kier molecular flexibility index (Phi) is 2.82. The second-order valence-corrected chi connectivity index (χ2v) is 7.25. The summed E-state index contributed by atoms with van der Waals surface area (Å²) in [5.74, 6) is 3.49. The standard InChI is InChI=1S/C17H18N8O/c18-17-19-5-10(6-20-17)14-22-15-13(21-12-8-26-2-1-24(12)15)16(23-14)25-7-9-3-11(25)4-9/h5-6,9,11H,1-4,7-8H2,(H2,18,19,20). The van der Waals surface area contributed by atoms with Gasteiger partial charge in [0.1, 0.15) is 12.4 Å². The number of nitrogens with two attached hydrogens (primary N) is 1. The molecule has 0 atom stereocenters. The lowest BCUT2D eigenvalue weighted by atomic mass is 9.86. The van der Waals surface area contributed by atoms with E-state index in [1.54, 1.807) is 12.4 Å². The number of rotatable bonds is 2. The van der Waals surface area contributed by atoms with Gasteiger partial charge in [0, 0.05) is 31.5 Å². The average Bonchev–Trinajstić information content (AvgIpc) is 3.33. The molecule has 0 spiro atoms. The van der Waals surface area contributed by atoms with Gasteiger partial charge < -0.3 is 19.9 Å². The summed E-state index contributed by atoms with van der Waals surface area (Å²) in [6.45, 7) is 2.99. The Morgan fingerprint density at radius 2 is 1.96 bits per heavy atom. The van der Waals surface area contributed by atoms with Gasteiger partial charge in [-0.15, -0.1) is 0 Å². The summed E-state index contributed by atoms with van der Waals surface area (Å²) in [5.41, 5.74) is 8.12. The normalized spacial score (nSPS) is 23.9. The number of nitrogen functional groups attached to an aromatic ring is 1. The monoisotopic (exact) mass is 350 g/mol. The molecule has 26 heavy (non-hydrogen) atoms. The predicted octanol–water partition coefficient (Wildman–Crippen LogP) is 0.994. The quantitative estimate of drug-likeness (QED) is 0.729. The molecule has 9 heteroatoms. The maximum atomic E-state index is 5.62. The zero-order valence-corrected chi connectivity index (χ0v) is 14.2. The van der Waals surface area contributed by atoms with Crippen molar-refractivity contribution in [2.75, 3.05) is 23.8 Å². The molecule has 2 saturated heterocycles. The fraction of sp³-hybridized carbons (Fsp3) is 0.471. The topological polar surface area (TPSA) is 108 Å². The molecular weight excluding hydrogens is 332 g/mol. The Labute approximate surface area is 149 Å². The van der Waals surface area contributed by atoms with Gasteiger partial charge in [0.15, 0.2) is 22.8 Å². The molecule has 3 aromatic rings. The van der Waals surface area contributed by atoms with Gasteiger partial charge in [0.25, 0.3) is 0 Å². The van der Waals surface area contributed by atoms with Gasteiger partial charge in [0.2, 0.25) is 5.95 Å². The second kappa shape index (κ2) is 5.10. The lowest BCUT2D eigenvalue weighted by Crippen LogP contribution is -2.29. The molecule has 0 aromatic carbocycles. The molecular formula is C17H18N8O. The van der Waals surface area contributed by atoms with Gasteiger partial charge >= 0.3 is 0 Å². The Morgan fingerprint density at radius 3 is 2.73 bits per heavy atom. The van der Waals surface area contributed by atoms with Crippen LogP contribution in [0.1, 0.15) is 18.7 Å². The van der Waals surface area contributed by atoms with Gasteiger partial charge in [-0.1, -0.05) is 0 Å². The van der Waals surface area contributed by atoms with Crippen LogP contribution in [-0.4, -0.2) is 48.7 Å². The summed E-state index contributed by atoms with van der Waals surface area (Å²) in [6, 6.07) is 0.573. The number of anilines is 2. The Morgan fingerprint density at radius 1 is 1.12 bits per heavy atom. The van der Waals surface area contributed by atoms with Gasteiger partial charge in [-0.3, -0.25) is 0 Å². The Bertz CT molecular complexity index is 1010.